The Kier molecular flexibility index (Phi) is 8.23. The van der Waals surface area contributed by atoms with Crippen LogP contribution in [0.25, 0.3) is 0 Å². The number of carbonyl (C=O) groups is 4. The molecular formula is C24H34O11. The maximum Gasteiger partial charge on any atom is 0.303 e. The molecule has 4 aliphatic rings. The molecule has 4 rings (SSSR count). The summed E-state index contributed by atoms with van der Waals surface area (Å²) >= 11 is 0. The van der Waals surface area contributed by atoms with Gasteiger partial charge in [0.1, 0.15) is 12.7 Å². The molecule has 1 aliphatic heterocycles. The van der Waals surface area contributed by atoms with Gasteiger partial charge in [0.05, 0.1) is 12.7 Å². The van der Waals surface area contributed by atoms with E-state index in [-0.39, 0.29) is 30.5 Å². The van der Waals surface area contributed by atoms with Gasteiger partial charge in [-0.15, -0.1) is 0 Å². The lowest BCUT2D eigenvalue weighted by atomic mass is 9.48. The quantitative estimate of drug-likeness (QED) is 0.291. The average Bonchev–Trinajstić information content (AvgIpc) is 2.74. The van der Waals surface area contributed by atoms with E-state index in [1.165, 1.54) is 13.8 Å². The maximum absolute atomic E-state index is 12.0. The zero-order valence-electron chi connectivity index (χ0n) is 20.8. The molecule has 0 aromatic carbocycles. The van der Waals surface area contributed by atoms with E-state index in [1.807, 2.05) is 6.08 Å². The van der Waals surface area contributed by atoms with Crippen LogP contribution in [-0.4, -0.2) is 79.0 Å². The first kappa shape index (κ1) is 27.1. The summed E-state index contributed by atoms with van der Waals surface area (Å²) in [6.45, 7) is 8.47. The van der Waals surface area contributed by atoms with Crippen LogP contribution in [0.2, 0.25) is 0 Å². The zero-order chi connectivity index (χ0) is 26.1. The summed E-state index contributed by atoms with van der Waals surface area (Å²) in [5, 5.41) is 9.86. The van der Waals surface area contributed by atoms with Crippen molar-refractivity contribution in [2.24, 2.45) is 17.3 Å². The van der Waals surface area contributed by atoms with Gasteiger partial charge in [-0.25, -0.2) is 0 Å². The van der Waals surface area contributed by atoms with Crippen LogP contribution in [0, 0.1) is 17.3 Å². The van der Waals surface area contributed by atoms with Crippen LogP contribution in [0.15, 0.2) is 11.6 Å². The van der Waals surface area contributed by atoms with Crippen LogP contribution in [0.1, 0.15) is 48.0 Å². The van der Waals surface area contributed by atoms with E-state index >= 15 is 0 Å². The molecule has 35 heavy (non-hydrogen) atoms. The molecule has 0 spiro atoms. The van der Waals surface area contributed by atoms with Gasteiger partial charge in [-0.05, 0) is 29.2 Å². The summed E-state index contributed by atoms with van der Waals surface area (Å²) in [7, 11) is 0. The molecule has 0 unspecified atom stereocenters. The Labute approximate surface area is 204 Å². The topological polar surface area (TPSA) is 144 Å². The van der Waals surface area contributed by atoms with Gasteiger partial charge in [0.15, 0.2) is 24.6 Å². The van der Waals surface area contributed by atoms with Crippen LogP contribution in [-0.2, 0) is 47.6 Å². The molecule has 1 N–H and O–H groups in total. The second-order valence-corrected chi connectivity index (χ2v) is 9.78. The van der Waals surface area contributed by atoms with Crippen molar-refractivity contribution >= 4 is 23.9 Å². The minimum Gasteiger partial charge on any atom is -0.463 e. The summed E-state index contributed by atoms with van der Waals surface area (Å²) < 4.78 is 33.7. The number of fused-ring (bicyclic) bond motifs is 1. The standard InChI is InChI=1S/C24H34O11/c1-11(26)30-10-19-20(31-12(2)27)21(32-13(3)28)22(33-14(4)29)23(35-19)34-18-7-15(9-25)16-8-17(18)24(16,5)6/h7,16-23,25H,8-10H2,1-6H3/t16-,17+,18-,19-,20-,21+,22-,23-/m1/s1. The molecular weight excluding hydrogens is 464 g/mol. The Balaban J connectivity index is 1.97. The minimum atomic E-state index is -1.29. The number of esters is 4. The molecule has 0 aromatic heterocycles. The largest absolute Gasteiger partial charge is 0.463 e. The van der Waals surface area contributed by atoms with Gasteiger partial charge in [-0.1, -0.05) is 19.9 Å². The molecule has 11 heteroatoms. The fraction of sp³-hybridized carbons (Fsp3) is 0.750. The molecule has 1 heterocycles. The Morgan fingerprint density at radius 1 is 0.943 bits per heavy atom. The van der Waals surface area contributed by atoms with Crippen LogP contribution in [0.4, 0.5) is 0 Å². The van der Waals surface area contributed by atoms with Crippen LogP contribution < -0.4 is 0 Å². The predicted molar refractivity (Wildman–Crippen MR) is 117 cm³/mol. The Hall–Kier alpha value is -2.50. The molecule has 2 fully saturated rings. The number of rotatable bonds is 8. The highest BCUT2D eigenvalue weighted by atomic mass is 16.7. The van der Waals surface area contributed by atoms with Gasteiger partial charge >= 0.3 is 23.9 Å². The van der Waals surface area contributed by atoms with E-state index < -0.39 is 60.7 Å². The molecule has 196 valence electrons. The van der Waals surface area contributed by atoms with Crippen molar-refractivity contribution in [2.45, 2.75) is 84.8 Å². The second kappa shape index (κ2) is 10.6. The number of aliphatic hydroxyl groups is 1. The van der Waals surface area contributed by atoms with E-state index in [0.29, 0.717) is 0 Å². The maximum atomic E-state index is 12.0. The highest BCUT2D eigenvalue weighted by Gasteiger charge is 2.58. The first-order valence-corrected chi connectivity index (χ1v) is 11.6. The molecule has 3 aliphatic carbocycles. The number of carbonyl (C=O) groups excluding carboxylic acids is 4. The van der Waals surface area contributed by atoms with Crippen LogP contribution in [0.5, 0.6) is 0 Å². The average molecular weight is 499 g/mol. The van der Waals surface area contributed by atoms with Crippen LogP contribution >= 0.6 is 0 Å². The van der Waals surface area contributed by atoms with Gasteiger partial charge in [-0.3, -0.25) is 19.2 Å². The van der Waals surface area contributed by atoms with Gasteiger partial charge in [0, 0.05) is 27.7 Å². The normalized spacial score (nSPS) is 35.1. The number of hydrogen-bond acceptors (Lipinski definition) is 11. The lowest BCUT2D eigenvalue weighted by Gasteiger charge is -2.59. The Morgan fingerprint density at radius 3 is 2.03 bits per heavy atom. The first-order valence-electron chi connectivity index (χ1n) is 11.6. The third-order valence-corrected chi connectivity index (χ3v) is 6.99. The van der Waals surface area contributed by atoms with Gasteiger partial charge in [-0.2, -0.15) is 0 Å². The monoisotopic (exact) mass is 498 g/mol. The Morgan fingerprint density at radius 2 is 1.51 bits per heavy atom. The van der Waals surface area contributed by atoms with Gasteiger partial charge in [0.25, 0.3) is 0 Å². The molecule has 0 aromatic rings. The number of ether oxygens (including phenoxy) is 6. The van der Waals surface area contributed by atoms with E-state index in [2.05, 4.69) is 13.8 Å². The molecule has 1 saturated heterocycles. The number of hydrogen-bond donors (Lipinski definition) is 1. The van der Waals surface area contributed by atoms with Crippen molar-refractivity contribution in [3.8, 4) is 0 Å². The predicted octanol–water partition coefficient (Wildman–Crippen LogP) is 1.05. The molecule has 0 amide bonds. The van der Waals surface area contributed by atoms with E-state index in [9.17, 15) is 24.3 Å². The highest BCUT2D eigenvalue weighted by molar-refractivity contribution is 5.68. The number of aliphatic hydroxyl groups excluding tert-OH is 1. The van der Waals surface area contributed by atoms with Crippen molar-refractivity contribution in [1.82, 2.24) is 0 Å². The van der Waals surface area contributed by atoms with Crippen LogP contribution in [0.3, 0.4) is 0 Å². The summed E-state index contributed by atoms with van der Waals surface area (Å²) in [6, 6.07) is 0. The summed E-state index contributed by atoms with van der Waals surface area (Å²) in [4.78, 5) is 47.3. The summed E-state index contributed by atoms with van der Waals surface area (Å²) in [6.07, 6.45) is -3.95. The fourth-order valence-corrected chi connectivity index (χ4v) is 5.34. The smallest absolute Gasteiger partial charge is 0.303 e. The molecule has 11 nitrogen and oxygen atoms in total. The second-order valence-electron chi connectivity index (χ2n) is 9.78. The fourth-order valence-electron chi connectivity index (χ4n) is 5.34. The minimum absolute atomic E-state index is 0.106. The lowest BCUT2D eigenvalue weighted by molar-refractivity contribution is -0.322. The highest BCUT2D eigenvalue weighted by Crippen LogP contribution is 2.60. The van der Waals surface area contributed by atoms with E-state index in [1.54, 1.807) is 0 Å². The Bertz CT molecular complexity index is 879. The first-order chi connectivity index (χ1) is 16.3. The summed E-state index contributed by atoms with van der Waals surface area (Å²) in [5.41, 5.74) is 0.726. The zero-order valence-corrected chi connectivity index (χ0v) is 20.8. The third kappa shape index (κ3) is 5.84. The van der Waals surface area contributed by atoms with E-state index in [0.717, 1.165) is 25.8 Å². The SMILES string of the molecule is CC(=O)OC[C@H]1O[C@@H](O[C@@H]2C=C(CO)[C@H]3C[C@@H]2C3(C)C)[C@H](OC(C)=O)[C@@H](OC(C)=O)[C@@H]1OC(C)=O. The van der Waals surface area contributed by atoms with Gasteiger partial charge < -0.3 is 33.5 Å². The van der Waals surface area contributed by atoms with Gasteiger partial charge in [0.2, 0.25) is 0 Å². The molecule has 0 radical (unpaired) electrons. The van der Waals surface area contributed by atoms with Crippen molar-refractivity contribution in [3.63, 3.8) is 0 Å². The third-order valence-electron chi connectivity index (χ3n) is 6.99. The lowest BCUT2D eigenvalue weighted by Crippen LogP contribution is -2.64. The van der Waals surface area contributed by atoms with E-state index in [4.69, 9.17) is 28.4 Å². The molecule has 8 atom stereocenters. The van der Waals surface area contributed by atoms with Crippen molar-refractivity contribution < 1.29 is 52.7 Å². The molecule has 1 saturated carbocycles. The van der Waals surface area contributed by atoms with Crippen molar-refractivity contribution in [3.05, 3.63) is 11.6 Å². The van der Waals surface area contributed by atoms with Crippen molar-refractivity contribution in [2.75, 3.05) is 13.2 Å². The van der Waals surface area contributed by atoms with Crippen molar-refractivity contribution in [1.29, 1.82) is 0 Å². The molecule has 2 bridgehead atoms. The summed E-state index contributed by atoms with van der Waals surface area (Å²) in [5.74, 6) is -2.34.